The first-order valence-electron chi connectivity index (χ1n) is 5.70. The lowest BCUT2D eigenvalue weighted by Gasteiger charge is -2.07. The Labute approximate surface area is 96.2 Å². The lowest BCUT2D eigenvalue weighted by molar-refractivity contribution is 0.273. The second-order valence-corrected chi connectivity index (χ2v) is 4.19. The van der Waals surface area contributed by atoms with Crippen LogP contribution in [0.3, 0.4) is 0 Å². The van der Waals surface area contributed by atoms with E-state index in [1.54, 1.807) is 11.3 Å². The van der Waals surface area contributed by atoms with Crippen molar-refractivity contribution in [2.45, 2.75) is 39.5 Å². The molecule has 15 heavy (non-hydrogen) atoms. The van der Waals surface area contributed by atoms with Crippen LogP contribution in [0.4, 0.5) is 0 Å². The molecule has 0 spiro atoms. The maximum absolute atomic E-state index is 5.66. The van der Waals surface area contributed by atoms with Gasteiger partial charge in [-0.05, 0) is 13.3 Å². The van der Waals surface area contributed by atoms with Gasteiger partial charge in [-0.3, -0.25) is 0 Å². The van der Waals surface area contributed by atoms with Crippen molar-refractivity contribution in [1.82, 2.24) is 0 Å². The van der Waals surface area contributed by atoms with E-state index in [0.717, 1.165) is 24.5 Å². The van der Waals surface area contributed by atoms with E-state index in [2.05, 4.69) is 6.92 Å². The fourth-order valence-electron chi connectivity index (χ4n) is 1.35. The van der Waals surface area contributed by atoms with Gasteiger partial charge in [0.2, 0.25) is 0 Å². The van der Waals surface area contributed by atoms with E-state index >= 15 is 0 Å². The Balaban J connectivity index is 2.21. The molecule has 0 fully saturated rings. The highest BCUT2D eigenvalue weighted by atomic mass is 32.1. The Morgan fingerprint density at radius 2 is 1.73 bits per heavy atom. The summed E-state index contributed by atoms with van der Waals surface area (Å²) in [7, 11) is 0. The SMILES string of the molecule is CCCCCCOc1cscc1OCC. The number of hydrogen-bond acceptors (Lipinski definition) is 3. The van der Waals surface area contributed by atoms with Crippen molar-refractivity contribution in [1.29, 1.82) is 0 Å². The molecule has 1 aromatic rings. The van der Waals surface area contributed by atoms with Gasteiger partial charge in [-0.15, -0.1) is 11.3 Å². The van der Waals surface area contributed by atoms with E-state index in [1.165, 1.54) is 19.3 Å². The van der Waals surface area contributed by atoms with E-state index < -0.39 is 0 Å². The number of unbranched alkanes of at least 4 members (excludes halogenated alkanes) is 3. The topological polar surface area (TPSA) is 18.5 Å². The number of hydrogen-bond donors (Lipinski definition) is 0. The lowest BCUT2D eigenvalue weighted by atomic mass is 10.2. The van der Waals surface area contributed by atoms with Crippen LogP contribution in [0.5, 0.6) is 11.5 Å². The minimum atomic E-state index is 0.697. The summed E-state index contributed by atoms with van der Waals surface area (Å²) in [6, 6.07) is 0. The molecule has 3 heteroatoms. The van der Waals surface area contributed by atoms with E-state index in [-0.39, 0.29) is 0 Å². The van der Waals surface area contributed by atoms with Crippen LogP contribution in [0.2, 0.25) is 0 Å². The summed E-state index contributed by atoms with van der Waals surface area (Å²) in [6.07, 6.45) is 4.95. The van der Waals surface area contributed by atoms with E-state index in [4.69, 9.17) is 9.47 Å². The summed E-state index contributed by atoms with van der Waals surface area (Å²) < 4.78 is 11.1. The maximum atomic E-state index is 5.66. The largest absolute Gasteiger partial charge is 0.489 e. The third-order valence-electron chi connectivity index (χ3n) is 2.15. The van der Waals surface area contributed by atoms with Gasteiger partial charge < -0.3 is 9.47 Å². The molecular formula is C12H20O2S. The van der Waals surface area contributed by atoms with Crippen LogP contribution in [0.15, 0.2) is 10.8 Å². The fourth-order valence-corrected chi connectivity index (χ4v) is 2.03. The molecule has 0 bridgehead atoms. The predicted octanol–water partition coefficient (Wildman–Crippen LogP) is 4.11. The monoisotopic (exact) mass is 228 g/mol. The Morgan fingerprint density at radius 1 is 1.00 bits per heavy atom. The van der Waals surface area contributed by atoms with Crippen molar-refractivity contribution in [2.75, 3.05) is 13.2 Å². The maximum Gasteiger partial charge on any atom is 0.171 e. The highest BCUT2D eigenvalue weighted by Crippen LogP contribution is 2.31. The molecule has 2 nitrogen and oxygen atoms in total. The van der Waals surface area contributed by atoms with Gasteiger partial charge >= 0.3 is 0 Å². The van der Waals surface area contributed by atoms with Gasteiger partial charge in [0.15, 0.2) is 11.5 Å². The van der Waals surface area contributed by atoms with Crippen LogP contribution in [-0.2, 0) is 0 Å². The predicted molar refractivity (Wildman–Crippen MR) is 65.1 cm³/mol. The Morgan fingerprint density at radius 3 is 2.40 bits per heavy atom. The van der Waals surface area contributed by atoms with E-state index in [9.17, 15) is 0 Å². The van der Waals surface area contributed by atoms with Gasteiger partial charge in [-0.1, -0.05) is 26.2 Å². The molecule has 0 unspecified atom stereocenters. The number of ether oxygens (including phenoxy) is 2. The normalized spacial score (nSPS) is 10.3. The molecular weight excluding hydrogens is 208 g/mol. The highest BCUT2D eigenvalue weighted by Gasteiger charge is 2.04. The summed E-state index contributed by atoms with van der Waals surface area (Å²) in [4.78, 5) is 0. The van der Waals surface area contributed by atoms with E-state index in [1.807, 2.05) is 17.7 Å². The lowest BCUT2D eigenvalue weighted by Crippen LogP contribution is -1.98. The number of rotatable bonds is 8. The van der Waals surface area contributed by atoms with Crippen molar-refractivity contribution < 1.29 is 9.47 Å². The summed E-state index contributed by atoms with van der Waals surface area (Å²) in [5, 5.41) is 4.00. The van der Waals surface area contributed by atoms with Crippen molar-refractivity contribution in [3.63, 3.8) is 0 Å². The molecule has 0 aromatic carbocycles. The van der Waals surface area contributed by atoms with Gasteiger partial charge in [0, 0.05) is 10.8 Å². The van der Waals surface area contributed by atoms with Gasteiger partial charge in [-0.2, -0.15) is 0 Å². The van der Waals surface area contributed by atoms with Gasteiger partial charge in [-0.25, -0.2) is 0 Å². The first kappa shape index (κ1) is 12.4. The average molecular weight is 228 g/mol. The van der Waals surface area contributed by atoms with Crippen molar-refractivity contribution >= 4 is 11.3 Å². The Bertz CT molecular complexity index is 258. The van der Waals surface area contributed by atoms with Crippen molar-refractivity contribution in [3.05, 3.63) is 10.8 Å². The summed E-state index contributed by atoms with van der Waals surface area (Å²) in [6.45, 7) is 5.70. The van der Waals surface area contributed by atoms with Gasteiger partial charge in [0.25, 0.3) is 0 Å². The zero-order valence-electron chi connectivity index (χ0n) is 9.62. The standard InChI is InChI=1S/C12H20O2S/c1-3-5-6-7-8-14-12-10-15-9-11(12)13-4-2/h9-10H,3-8H2,1-2H3. The molecule has 1 aromatic heterocycles. The van der Waals surface area contributed by atoms with Crippen LogP contribution in [0.25, 0.3) is 0 Å². The molecule has 0 aliphatic heterocycles. The molecule has 0 saturated carbocycles. The second kappa shape index (κ2) is 7.57. The quantitative estimate of drug-likeness (QED) is 0.623. The summed E-state index contributed by atoms with van der Waals surface area (Å²) >= 11 is 1.62. The molecule has 0 saturated heterocycles. The molecule has 0 radical (unpaired) electrons. The molecule has 86 valence electrons. The molecule has 0 aliphatic carbocycles. The zero-order valence-corrected chi connectivity index (χ0v) is 10.4. The first-order valence-corrected chi connectivity index (χ1v) is 6.64. The van der Waals surface area contributed by atoms with Gasteiger partial charge in [0.05, 0.1) is 13.2 Å². The van der Waals surface area contributed by atoms with Crippen LogP contribution in [0.1, 0.15) is 39.5 Å². The smallest absolute Gasteiger partial charge is 0.171 e. The highest BCUT2D eigenvalue weighted by molar-refractivity contribution is 7.08. The van der Waals surface area contributed by atoms with Crippen LogP contribution >= 0.6 is 11.3 Å². The molecule has 1 heterocycles. The Kier molecular flexibility index (Phi) is 6.25. The molecule has 1 rings (SSSR count). The second-order valence-electron chi connectivity index (χ2n) is 3.44. The van der Waals surface area contributed by atoms with Crippen LogP contribution < -0.4 is 9.47 Å². The minimum Gasteiger partial charge on any atom is -0.489 e. The summed E-state index contributed by atoms with van der Waals surface area (Å²) in [5.74, 6) is 1.79. The zero-order chi connectivity index (χ0) is 10.9. The molecule has 0 amide bonds. The molecule has 0 atom stereocenters. The molecule has 0 N–H and O–H groups in total. The molecule has 0 aliphatic rings. The third-order valence-corrected chi connectivity index (χ3v) is 2.85. The van der Waals surface area contributed by atoms with Crippen LogP contribution in [-0.4, -0.2) is 13.2 Å². The fraction of sp³-hybridized carbons (Fsp3) is 0.667. The minimum absolute atomic E-state index is 0.697. The van der Waals surface area contributed by atoms with Crippen molar-refractivity contribution in [3.8, 4) is 11.5 Å². The summed E-state index contributed by atoms with van der Waals surface area (Å²) in [5.41, 5.74) is 0. The number of thiophene rings is 1. The first-order chi connectivity index (χ1) is 7.38. The average Bonchev–Trinajstić information content (AvgIpc) is 2.66. The van der Waals surface area contributed by atoms with Crippen molar-refractivity contribution in [2.24, 2.45) is 0 Å². The Hall–Kier alpha value is -0.700. The van der Waals surface area contributed by atoms with Gasteiger partial charge in [0.1, 0.15) is 0 Å². The van der Waals surface area contributed by atoms with Crippen LogP contribution in [0, 0.1) is 0 Å². The third kappa shape index (κ3) is 4.56. The van der Waals surface area contributed by atoms with E-state index in [0.29, 0.717) is 6.61 Å².